The molecule has 0 bridgehead atoms. The molecular weight excluding hydrogens is 312 g/mol. The van der Waals surface area contributed by atoms with Crippen LogP contribution in [0.15, 0.2) is 33.7 Å². The van der Waals surface area contributed by atoms with Crippen LogP contribution in [0.4, 0.5) is 0 Å². The van der Waals surface area contributed by atoms with Gasteiger partial charge in [-0.1, -0.05) is 39.8 Å². The third kappa shape index (κ3) is 4.63. The van der Waals surface area contributed by atoms with Gasteiger partial charge in [0.05, 0.1) is 12.6 Å². The Bertz CT molecular complexity index is 402. The van der Waals surface area contributed by atoms with Gasteiger partial charge in [-0.25, -0.2) is 0 Å². The molecule has 18 heavy (non-hydrogen) atoms. The minimum absolute atomic E-state index is 0.275. The van der Waals surface area contributed by atoms with Crippen LogP contribution in [-0.4, -0.2) is 24.4 Å². The van der Waals surface area contributed by atoms with E-state index >= 15 is 0 Å². The van der Waals surface area contributed by atoms with E-state index in [4.69, 9.17) is 10.5 Å². The fourth-order valence-electron chi connectivity index (χ4n) is 1.76. The number of nitrogens with zero attached hydrogens (tertiary/aromatic N) is 1. The number of benzene rings is 1. The Morgan fingerprint density at radius 3 is 2.89 bits per heavy atom. The largest absolute Gasteiger partial charge is 0.379 e. The summed E-state index contributed by atoms with van der Waals surface area (Å²) >= 11 is 4.99. The summed E-state index contributed by atoms with van der Waals surface area (Å²) in [5, 5.41) is 0.647. The summed E-state index contributed by atoms with van der Waals surface area (Å²) < 4.78 is 6.60. The molecule has 0 radical (unpaired) electrons. The Balaban J connectivity index is 1.74. The number of hydrogen-bond acceptors (Lipinski definition) is 3. The molecule has 1 heterocycles. The number of halogens is 1. The van der Waals surface area contributed by atoms with E-state index in [0.29, 0.717) is 11.7 Å². The second-order valence-electron chi connectivity index (χ2n) is 4.23. The maximum Gasteiger partial charge on any atom is 0.154 e. The molecule has 1 saturated heterocycles. The van der Waals surface area contributed by atoms with Gasteiger partial charge in [-0.15, -0.1) is 0 Å². The first-order chi connectivity index (χ1) is 8.74. The number of amidine groups is 1. The van der Waals surface area contributed by atoms with Gasteiger partial charge in [0.25, 0.3) is 0 Å². The Hall–Kier alpha value is -0.520. The minimum atomic E-state index is 0.275. The van der Waals surface area contributed by atoms with Crippen molar-refractivity contribution in [2.45, 2.75) is 24.7 Å². The van der Waals surface area contributed by atoms with Crippen LogP contribution in [0, 0.1) is 0 Å². The van der Waals surface area contributed by atoms with Gasteiger partial charge in [0.15, 0.2) is 5.17 Å². The molecule has 1 atom stereocenters. The van der Waals surface area contributed by atoms with Crippen LogP contribution < -0.4 is 5.73 Å². The van der Waals surface area contributed by atoms with Crippen LogP contribution in [0.2, 0.25) is 0 Å². The first-order valence-corrected chi connectivity index (χ1v) is 7.80. The predicted octanol–water partition coefficient (Wildman–Crippen LogP) is 3.18. The lowest BCUT2D eigenvalue weighted by Crippen LogP contribution is -2.14. The Morgan fingerprint density at radius 2 is 2.22 bits per heavy atom. The second kappa shape index (κ2) is 7.16. The number of rotatable bonds is 4. The Labute approximate surface area is 120 Å². The lowest BCUT2D eigenvalue weighted by atomic mass is 10.2. The molecule has 0 aromatic heterocycles. The smallest absolute Gasteiger partial charge is 0.154 e. The molecule has 98 valence electrons. The molecular formula is C13H17BrN2OS. The third-order valence-corrected chi connectivity index (χ3v) is 4.21. The van der Waals surface area contributed by atoms with Crippen LogP contribution in [0.5, 0.6) is 0 Å². The van der Waals surface area contributed by atoms with E-state index in [0.717, 1.165) is 29.7 Å². The van der Waals surface area contributed by atoms with E-state index in [2.05, 4.69) is 33.1 Å². The van der Waals surface area contributed by atoms with Gasteiger partial charge >= 0.3 is 0 Å². The van der Waals surface area contributed by atoms with Crippen LogP contribution in [0.25, 0.3) is 0 Å². The van der Waals surface area contributed by atoms with E-state index in [-0.39, 0.29) is 6.10 Å². The summed E-state index contributed by atoms with van der Waals surface area (Å²) in [5.41, 5.74) is 7.13. The summed E-state index contributed by atoms with van der Waals surface area (Å²) in [6.45, 7) is 1.56. The molecule has 1 aromatic carbocycles. The monoisotopic (exact) mass is 328 g/mol. The molecule has 0 unspecified atom stereocenters. The molecule has 0 amide bonds. The van der Waals surface area contributed by atoms with Gasteiger partial charge in [0.2, 0.25) is 0 Å². The molecule has 0 aliphatic carbocycles. The quantitative estimate of drug-likeness (QED) is 0.682. The van der Waals surface area contributed by atoms with E-state index in [1.54, 1.807) is 11.8 Å². The van der Waals surface area contributed by atoms with Crippen molar-refractivity contribution in [1.29, 1.82) is 0 Å². The van der Waals surface area contributed by atoms with Gasteiger partial charge in [-0.05, 0) is 30.5 Å². The maximum absolute atomic E-state index is 5.88. The molecule has 1 aliphatic rings. The molecule has 5 heteroatoms. The minimum Gasteiger partial charge on any atom is -0.379 e. The first kappa shape index (κ1) is 13.9. The fraction of sp³-hybridized carbons (Fsp3) is 0.462. The van der Waals surface area contributed by atoms with E-state index in [9.17, 15) is 0 Å². The zero-order valence-corrected chi connectivity index (χ0v) is 12.5. The molecule has 3 nitrogen and oxygen atoms in total. The fourth-order valence-corrected chi connectivity index (χ4v) is 2.70. The van der Waals surface area contributed by atoms with E-state index < -0.39 is 0 Å². The molecule has 0 spiro atoms. The molecule has 1 aromatic rings. The number of nitrogens with two attached hydrogens (primary N) is 1. The van der Waals surface area contributed by atoms with Gasteiger partial charge in [0, 0.05) is 16.8 Å². The van der Waals surface area contributed by atoms with Gasteiger partial charge in [-0.3, -0.25) is 4.99 Å². The highest BCUT2D eigenvalue weighted by molar-refractivity contribution is 9.10. The number of hydrogen-bond donors (Lipinski definition) is 1. The van der Waals surface area contributed by atoms with Crippen molar-refractivity contribution in [2.75, 3.05) is 13.2 Å². The Kier molecular flexibility index (Phi) is 5.53. The van der Waals surface area contributed by atoms with Gasteiger partial charge in [0.1, 0.15) is 0 Å². The van der Waals surface area contributed by atoms with Crippen molar-refractivity contribution in [2.24, 2.45) is 10.7 Å². The molecule has 1 fully saturated rings. The summed E-state index contributed by atoms with van der Waals surface area (Å²) in [6.07, 6.45) is 2.53. The van der Waals surface area contributed by atoms with Gasteiger partial charge in [-0.2, -0.15) is 0 Å². The highest BCUT2D eigenvalue weighted by atomic mass is 79.9. The van der Waals surface area contributed by atoms with Crippen molar-refractivity contribution < 1.29 is 4.74 Å². The van der Waals surface area contributed by atoms with Crippen molar-refractivity contribution in [3.63, 3.8) is 0 Å². The Morgan fingerprint density at radius 1 is 1.44 bits per heavy atom. The van der Waals surface area contributed by atoms with Crippen LogP contribution in [-0.2, 0) is 10.5 Å². The molecule has 0 saturated carbocycles. The van der Waals surface area contributed by atoms with Crippen LogP contribution >= 0.6 is 27.7 Å². The van der Waals surface area contributed by atoms with Crippen LogP contribution in [0.3, 0.4) is 0 Å². The topological polar surface area (TPSA) is 47.6 Å². The SMILES string of the molecule is NC(=NC[C@@H]1CCCO1)SCc1ccc(Br)cc1. The molecule has 2 N–H and O–H groups in total. The predicted molar refractivity (Wildman–Crippen MR) is 80.9 cm³/mol. The lowest BCUT2D eigenvalue weighted by molar-refractivity contribution is 0.118. The summed E-state index contributed by atoms with van der Waals surface area (Å²) in [7, 11) is 0. The normalized spacial score (nSPS) is 20.3. The average Bonchev–Trinajstić information content (AvgIpc) is 2.89. The van der Waals surface area contributed by atoms with E-state index in [1.165, 1.54) is 5.56 Å². The molecule has 1 aliphatic heterocycles. The standard InChI is InChI=1S/C13H17BrN2OS/c14-11-5-3-10(4-6-11)9-18-13(15)16-8-12-2-1-7-17-12/h3-6,12H,1-2,7-9H2,(H2,15,16)/t12-/m0/s1. The second-order valence-corrected chi connectivity index (χ2v) is 6.14. The zero-order chi connectivity index (χ0) is 12.8. The molecule has 2 rings (SSSR count). The van der Waals surface area contributed by atoms with Gasteiger partial charge < -0.3 is 10.5 Å². The number of aliphatic imine (C=N–C) groups is 1. The van der Waals surface area contributed by atoms with Crippen molar-refractivity contribution in [3.05, 3.63) is 34.3 Å². The van der Waals surface area contributed by atoms with Crippen LogP contribution in [0.1, 0.15) is 18.4 Å². The average molecular weight is 329 g/mol. The summed E-state index contributed by atoms with van der Waals surface area (Å²) in [6, 6.07) is 8.25. The highest BCUT2D eigenvalue weighted by Crippen LogP contribution is 2.17. The van der Waals surface area contributed by atoms with E-state index in [1.807, 2.05) is 12.1 Å². The summed E-state index contributed by atoms with van der Waals surface area (Å²) in [5.74, 6) is 0.855. The first-order valence-electron chi connectivity index (χ1n) is 6.03. The third-order valence-electron chi connectivity index (χ3n) is 2.77. The lowest BCUT2D eigenvalue weighted by Gasteiger charge is -2.06. The van der Waals surface area contributed by atoms with Crippen molar-refractivity contribution in [1.82, 2.24) is 0 Å². The van der Waals surface area contributed by atoms with Crippen molar-refractivity contribution >= 4 is 32.9 Å². The zero-order valence-electron chi connectivity index (χ0n) is 10.1. The summed E-state index contributed by atoms with van der Waals surface area (Å²) in [4.78, 5) is 4.36. The maximum atomic E-state index is 5.88. The number of ether oxygens (including phenoxy) is 1. The van der Waals surface area contributed by atoms with Crippen molar-refractivity contribution in [3.8, 4) is 0 Å². The number of thioether (sulfide) groups is 1. The highest BCUT2D eigenvalue weighted by Gasteiger charge is 2.14.